The Morgan fingerprint density at radius 1 is 0.893 bits per heavy atom. The molecule has 15 heteroatoms. The van der Waals surface area contributed by atoms with E-state index in [4.69, 9.17) is 9.47 Å². The second kappa shape index (κ2) is 18.5. The van der Waals surface area contributed by atoms with Crippen LogP contribution in [0.4, 0.5) is 4.79 Å². The first-order valence-electron chi connectivity index (χ1n) is 19.5. The zero-order valence-corrected chi connectivity index (χ0v) is 33.6. The lowest BCUT2D eigenvalue weighted by Crippen LogP contribution is -2.58. The molecule has 1 aromatic heterocycles. The number of rotatable bonds is 15. The van der Waals surface area contributed by atoms with Crippen molar-refractivity contribution in [3.63, 3.8) is 0 Å². The molecule has 0 spiro atoms. The van der Waals surface area contributed by atoms with Gasteiger partial charge in [0.15, 0.2) is 5.82 Å². The van der Waals surface area contributed by atoms with Crippen LogP contribution < -0.4 is 10.6 Å². The van der Waals surface area contributed by atoms with Crippen LogP contribution in [0, 0.1) is 11.8 Å². The summed E-state index contributed by atoms with van der Waals surface area (Å²) in [5.41, 5.74) is 2.85. The number of carbonyl (C=O) groups is 5. The lowest BCUT2D eigenvalue weighted by atomic mass is 9.94. The maximum atomic E-state index is 14.1. The summed E-state index contributed by atoms with van der Waals surface area (Å²) in [5, 5.41) is 18.1. The summed E-state index contributed by atoms with van der Waals surface area (Å²) in [5.74, 6) is -1.87. The van der Waals surface area contributed by atoms with Gasteiger partial charge >= 0.3 is 12.1 Å². The summed E-state index contributed by atoms with van der Waals surface area (Å²) in [4.78, 5) is 70.1. The van der Waals surface area contributed by atoms with Gasteiger partial charge in [0.05, 0.1) is 19.2 Å². The predicted octanol–water partition coefficient (Wildman–Crippen LogP) is 3.79. The van der Waals surface area contributed by atoms with E-state index in [-0.39, 0.29) is 37.1 Å². The molecule has 56 heavy (non-hydrogen) atoms. The molecule has 2 aromatic carbocycles. The van der Waals surface area contributed by atoms with E-state index in [0.29, 0.717) is 44.6 Å². The molecule has 1 fully saturated rings. The number of likely N-dealkylation sites (tertiary alicyclic amines) is 1. The van der Waals surface area contributed by atoms with Crippen LogP contribution in [0.15, 0.2) is 54.6 Å². The Morgan fingerprint density at radius 2 is 1.57 bits per heavy atom. The Balaban J connectivity index is 1.15. The number of tetrazole rings is 1. The third-order valence-corrected chi connectivity index (χ3v) is 10.8. The van der Waals surface area contributed by atoms with E-state index in [1.165, 1.54) is 17.6 Å². The SMILES string of the molecule is COC(=O)[C@@H]1CC(OC(=O)N2CCc3ccccc3C2)CN1C(=O)C(NC(=O)[C@@H](NC(=O)CCCCc1nnnn1C(C)(C)c1ccccc1)C(C)C)C(C)C. The first kappa shape index (κ1) is 41.8. The fourth-order valence-electron chi connectivity index (χ4n) is 7.40. The van der Waals surface area contributed by atoms with E-state index in [1.54, 1.807) is 18.7 Å². The zero-order valence-electron chi connectivity index (χ0n) is 33.6. The van der Waals surface area contributed by atoms with Crippen LogP contribution >= 0.6 is 0 Å². The van der Waals surface area contributed by atoms with Crippen LogP contribution in [0.5, 0.6) is 0 Å². The maximum Gasteiger partial charge on any atom is 0.410 e. The number of esters is 1. The number of carbonyl (C=O) groups excluding carboxylic acids is 5. The number of amides is 4. The van der Waals surface area contributed by atoms with E-state index in [0.717, 1.165) is 11.1 Å². The molecular weight excluding hydrogens is 716 g/mol. The van der Waals surface area contributed by atoms with Crippen LogP contribution in [0.1, 0.15) is 89.7 Å². The lowest BCUT2D eigenvalue weighted by Gasteiger charge is -2.31. The van der Waals surface area contributed by atoms with Gasteiger partial charge in [0.25, 0.3) is 0 Å². The van der Waals surface area contributed by atoms with Crippen LogP contribution in [0.25, 0.3) is 0 Å². The minimum Gasteiger partial charge on any atom is -0.467 e. The molecule has 2 aliphatic rings. The minimum atomic E-state index is -1.02. The molecule has 0 radical (unpaired) electrons. The molecule has 3 heterocycles. The van der Waals surface area contributed by atoms with Gasteiger partial charge in [-0.15, -0.1) is 5.10 Å². The van der Waals surface area contributed by atoms with Crippen LogP contribution in [0.3, 0.4) is 0 Å². The van der Waals surface area contributed by atoms with Gasteiger partial charge in [-0.1, -0.05) is 82.3 Å². The second-order valence-corrected chi connectivity index (χ2v) is 15.9. The van der Waals surface area contributed by atoms with Crippen molar-refractivity contribution in [1.82, 2.24) is 40.6 Å². The van der Waals surface area contributed by atoms with Crippen molar-refractivity contribution in [2.24, 2.45) is 11.8 Å². The smallest absolute Gasteiger partial charge is 0.410 e. The van der Waals surface area contributed by atoms with Crippen molar-refractivity contribution in [2.45, 2.75) is 116 Å². The quantitative estimate of drug-likeness (QED) is 0.171. The fourth-order valence-corrected chi connectivity index (χ4v) is 7.40. The van der Waals surface area contributed by atoms with Crippen molar-refractivity contribution in [3.05, 3.63) is 77.1 Å². The van der Waals surface area contributed by atoms with Crippen LogP contribution in [-0.2, 0) is 53.6 Å². The molecule has 4 amide bonds. The van der Waals surface area contributed by atoms with Crippen molar-refractivity contribution in [3.8, 4) is 0 Å². The molecule has 0 bridgehead atoms. The van der Waals surface area contributed by atoms with E-state index in [2.05, 4.69) is 40.0 Å². The number of unbranched alkanes of at least 4 members (excludes halogenated alkanes) is 1. The van der Waals surface area contributed by atoms with Crippen molar-refractivity contribution in [2.75, 3.05) is 20.2 Å². The highest BCUT2D eigenvalue weighted by atomic mass is 16.6. The zero-order chi connectivity index (χ0) is 40.6. The molecule has 302 valence electrons. The number of hydrogen-bond acceptors (Lipinski definition) is 10. The number of aromatic nitrogens is 4. The Morgan fingerprint density at radius 3 is 2.25 bits per heavy atom. The van der Waals surface area contributed by atoms with Crippen LogP contribution in [-0.4, -0.2) is 104 Å². The molecule has 3 aromatic rings. The number of methoxy groups -OCH3 is 1. The Bertz CT molecular complexity index is 1850. The van der Waals surface area contributed by atoms with Gasteiger partial charge in [-0.3, -0.25) is 14.4 Å². The van der Waals surface area contributed by atoms with E-state index in [1.807, 2.05) is 73.1 Å². The number of hydrogen-bond donors (Lipinski definition) is 2. The first-order chi connectivity index (χ1) is 26.7. The average Bonchev–Trinajstić information content (AvgIpc) is 3.85. The van der Waals surface area contributed by atoms with Gasteiger partial charge in [0.2, 0.25) is 17.7 Å². The van der Waals surface area contributed by atoms with Crippen molar-refractivity contribution >= 4 is 29.8 Å². The molecule has 0 aliphatic carbocycles. The number of aryl methyl sites for hydroxylation is 1. The topological polar surface area (TPSA) is 178 Å². The molecule has 1 saturated heterocycles. The normalized spacial score (nSPS) is 17.9. The van der Waals surface area contributed by atoms with Gasteiger partial charge in [-0.05, 0) is 72.1 Å². The fraction of sp³-hybridized carbons (Fsp3) is 0.561. The highest BCUT2D eigenvalue weighted by Gasteiger charge is 2.45. The maximum absolute atomic E-state index is 14.1. The molecule has 2 unspecified atom stereocenters. The predicted molar refractivity (Wildman–Crippen MR) is 207 cm³/mol. The summed E-state index contributed by atoms with van der Waals surface area (Å²) in [6, 6.07) is 15.0. The van der Waals surface area contributed by atoms with E-state index in [9.17, 15) is 24.0 Å². The number of benzene rings is 2. The van der Waals surface area contributed by atoms with Gasteiger partial charge < -0.3 is 29.9 Å². The monoisotopic (exact) mass is 772 g/mol. The Kier molecular flexibility index (Phi) is 13.8. The first-order valence-corrected chi connectivity index (χ1v) is 19.5. The lowest BCUT2D eigenvalue weighted by molar-refractivity contribution is -0.152. The summed E-state index contributed by atoms with van der Waals surface area (Å²) in [7, 11) is 1.24. The number of fused-ring (bicyclic) bond motifs is 1. The van der Waals surface area contributed by atoms with E-state index < -0.39 is 53.6 Å². The molecule has 15 nitrogen and oxygen atoms in total. The minimum absolute atomic E-state index is 0.0334. The number of ether oxygens (including phenoxy) is 2. The molecule has 2 N–H and O–H groups in total. The number of nitrogens with zero attached hydrogens (tertiary/aromatic N) is 6. The summed E-state index contributed by atoms with van der Waals surface area (Å²) < 4.78 is 12.7. The second-order valence-electron chi connectivity index (χ2n) is 15.9. The van der Waals surface area contributed by atoms with E-state index >= 15 is 0 Å². The third-order valence-electron chi connectivity index (χ3n) is 10.8. The van der Waals surface area contributed by atoms with Gasteiger partial charge in [0, 0.05) is 32.4 Å². The van der Waals surface area contributed by atoms with Gasteiger partial charge in [0.1, 0.15) is 24.2 Å². The summed E-state index contributed by atoms with van der Waals surface area (Å²) >= 11 is 0. The molecule has 5 rings (SSSR count). The van der Waals surface area contributed by atoms with Crippen LogP contribution in [0.2, 0.25) is 0 Å². The largest absolute Gasteiger partial charge is 0.467 e. The summed E-state index contributed by atoms with van der Waals surface area (Å²) in [6.07, 6.45) is 1.46. The molecule has 4 atom stereocenters. The molecular formula is C41H56N8O7. The summed E-state index contributed by atoms with van der Waals surface area (Å²) in [6.45, 7) is 12.2. The van der Waals surface area contributed by atoms with Crippen molar-refractivity contribution in [1.29, 1.82) is 0 Å². The molecule has 0 saturated carbocycles. The molecule has 2 aliphatic heterocycles. The van der Waals surface area contributed by atoms with Crippen molar-refractivity contribution < 1.29 is 33.4 Å². The Labute approximate surface area is 328 Å². The third kappa shape index (κ3) is 9.90. The highest BCUT2D eigenvalue weighted by molar-refractivity contribution is 5.94. The highest BCUT2D eigenvalue weighted by Crippen LogP contribution is 2.27. The number of nitrogens with one attached hydrogen (secondary N) is 2. The van der Waals surface area contributed by atoms with Gasteiger partial charge in [-0.25, -0.2) is 14.3 Å². The average molecular weight is 773 g/mol. The van der Waals surface area contributed by atoms with Gasteiger partial charge in [-0.2, -0.15) is 0 Å². The standard InChI is InChI=1S/C41H56N8O7/c1-26(2)35(42-34(50)20-14-13-19-33-44-45-46-49(33)41(5,6)30-17-9-8-10-18-30)37(51)43-36(27(3)4)38(52)48-25-31(23-32(48)39(53)55-7)56-40(54)47-22-21-28-15-11-12-16-29(28)24-47/h8-12,15-18,26-27,31-32,35-36H,13-14,19-25H2,1-7H3,(H,42,50)(H,43,51)/t31?,32-,35-,36?/m0/s1. The Hall–Kier alpha value is -5.34.